The predicted octanol–water partition coefficient (Wildman–Crippen LogP) is 5.03. The molecule has 0 radical (unpaired) electrons. The van der Waals surface area contributed by atoms with Gasteiger partial charge in [0.05, 0.1) is 24.7 Å². The first-order chi connectivity index (χ1) is 16.1. The standard InChI is InChI=1S/C30H48O5/c1-26(2)11-9-17-18(13-26)20-7-8-23-27(3)15-21(32)24(33)28(4,16-31)22(27)10-12-29(23,5)30(20,6)14-19(17)25(34)35/h7,17-19,21-24,31-33H,8-16H2,1-6H3,(H,34,35)/t17-,18-,19-,21-,22-,23+,24-,27-,28-,29+,30+/m0/s1. The minimum absolute atomic E-state index is 0.0824. The second kappa shape index (κ2) is 7.80. The zero-order valence-electron chi connectivity index (χ0n) is 22.7. The summed E-state index contributed by atoms with van der Waals surface area (Å²) >= 11 is 0. The molecule has 0 amide bonds. The monoisotopic (exact) mass is 488 g/mol. The Bertz CT molecular complexity index is 926. The van der Waals surface area contributed by atoms with Gasteiger partial charge < -0.3 is 20.4 Å². The average molecular weight is 489 g/mol. The van der Waals surface area contributed by atoms with Crippen LogP contribution >= 0.6 is 0 Å². The molecule has 11 atom stereocenters. The van der Waals surface area contributed by atoms with Gasteiger partial charge >= 0.3 is 5.97 Å². The van der Waals surface area contributed by atoms with Gasteiger partial charge in [-0.1, -0.05) is 53.2 Å². The molecule has 4 saturated carbocycles. The van der Waals surface area contributed by atoms with Crippen LogP contribution in [0.2, 0.25) is 0 Å². The molecule has 0 aromatic heterocycles. The average Bonchev–Trinajstić information content (AvgIpc) is 2.76. The molecule has 5 aliphatic carbocycles. The van der Waals surface area contributed by atoms with Gasteiger partial charge in [0, 0.05) is 5.41 Å². The van der Waals surface area contributed by atoms with Gasteiger partial charge in [0.15, 0.2) is 0 Å². The summed E-state index contributed by atoms with van der Waals surface area (Å²) in [5.74, 6) is 0.0310. The quantitative estimate of drug-likeness (QED) is 0.409. The third-order valence-corrected chi connectivity index (χ3v) is 12.9. The van der Waals surface area contributed by atoms with Gasteiger partial charge in [-0.3, -0.25) is 4.79 Å². The first kappa shape index (κ1) is 25.7. The van der Waals surface area contributed by atoms with E-state index in [1.165, 1.54) is 5.57 Å². The summed E-state index contributed by atoms with van der Waals surface area (Å²) in [6.07, 6.45) is 7.93. The molecular weight excluding hydrogens is 440 g/mol. The van der Waals surface area contributed by atoms with Gasteiger partial charge in [-0.2, -0.15) is 0 Å². The molecule has 35 heavy (non-hydrogen) atoms. The van der Waals surface area contributed by atoms with Gasteiger partial charge in [0.1, 0.15) is 0 Å². The normalized spacial score (nSPS) is 55.0. The van der Waals surface area contributed by atoms with Gasteiger partial charge in [-0.25, -0.2) is 0 Å². The summed E-state index contributed by atoms with van der Waals surface area (Å²) in [7, 11) is 0. The number of fused-ring (bicyclic) bond motifs is 7. The molecular formula is C30H48O5. The number of allylic oxidation sites excluding steroid dienone is 2. The van der Waals surface area contributed by atoms with Crippen LogP contribution < -0.4 is 0 Å². The third kappa shape index (κ3) is 3.26. The Kier molecular flexibility index (Phi) is 5.73. The summed E-state index contributed by atoms with van der Waals surface area (Å²) < 4.78 is 0. The molecule has 4 N–H and O–H groups in total. The lowest BCUT2D eigenvalue weighted by molar-refractivity contribution is -0.243. The summed E-state index contributed by atoms with van der Waals surface area (Å²) in [5.41, 5.74) is 0.522. The molecule has 5 rings (SSSR count). The van der Waals surface area contributed by atoms with Crippen molar-refractivity contribution in [3.8, 4) is 0 Å². The first-order valence-corrected chi connectivity index (χ1v) is 14.0. The van der Waals surface area contributed by atoms with Crippen molar-refractivity contribution in [1.29, 1.82) is 0 Å². The Labute approximate surface area is 211 Å². The molecule has 0 aliphatic heterocycles. The van der Waals surface area contributed by atoms with Crippen molar-refractivity contribution in [3.05, 3.63) is 11.6 Å². The maximum Gasteiger partial charge on any atom is 0.306 e. The van der Waals surface area contributed by atoms with Crippen molar-refractivity contribution >= 4 is 5.97 Å². The van der Waals surface area contributed by atoms with Crippen LogP contribution in [0.1, 0.15) is 92.9 Å². The van der Waals surface area contributed by atoms with Crippen molar-refractivity contribution in [3.63, 3.8) is 0 Å². The van der Waals surface area contributed by atoms with E-state index in [-0.39, 0.29) is 51.9 Å². The highest BCUT2D eigenvalue weighted by atomic mass is 16.4. The number of carboxylic acid groups (broad SMARTS) is 1. The van der Waals surface area contributed by atoms with Crippen molar-refractivity contribution in [2.24, 2.45) is 56.7 Å². The van der Waals surface area contributed by atoms with Crippen LogP contribution in [-0.4, -0.2) is 45.2 Å². The molecule has 0 aromatic carbocycles. The van der Waals surface area contributed by atoms with Gasteiger partial charge in [0.2, 0.25) is 0 Å². The minimum atomic E-state index is -0.920. The van der Waals surface area contributed by atoms with E-state index < -0.39 is 23.6 Å². The van der Waals surface area contributed by atoms with E-state index in [9.17, 15) is 25.2 Å². The number of rotatable bonds is 2. The SMILES string of the molecule is CC1(C)CC[C@@H]2[C@@H](C(=O)O)C[C@]3(C)C(=CC[C@@H]4[C@@]5(C)C[C@H](O)[C@H](O)[C@@](C)(CO)[C@H]5CC[C@]43C)[C@H]2C1. The number of hydrogen-bond donors (Lipinski definition) is 4. The number of aliphatic hydroxyl groups is 3. The van der Waals surface area contributed by atoms with Crippen LogP contribution in [0.15, 0.2) is 11.6 Å². The molecule has 5 heteroatoms. The fourth-order valence-electron chi connectivity index (χ4n) is 10.9. The Morgan fingerprint density at radius 2 is 1.66 bits per heavy atom. The van der Waals surface area contributed by atoms with Crippen molar-refractivity contribution < 1.29 is 25.2 Å². The number of carbonyl (C=O) groups is 1. The zero-order valence-corrected chi connectivity index (χ0v) is 22.7. The Morgan fingerprint density at radius 3 is 2.29 bits per heavy atom. The highest BCUT2D eigenvalue weighted by molar-refractivity contribution is 5.71. The summed E-state index contributed by atoms with van der Waals surface area (Å²) in [6.45, 7) is 13.6. The van der Waals surface area contributed by atoms with E-state index in [1.54, 1.807) is 0 Å². The lowest BCUT2D eigenvalue weighted by Crippen LogP contribution is -2.68. The lowest BCUT2D eigenvalue weighted by atomic mass is 9.33. The highest BCUT2D eigenvalue weighted by Crippen LogP contribution is 2.75. The molecule has 0 heterocycles. The fourth-order valence-corrected chi connectivity index (χ4v) is 10.9. The molecule has 0 saturated heterocycles. The maximum atomic E-state index is 12.6. The van der Waals surface area contributed by atoms with Gasteiger partial charge in [-0.15, -0.1) is 0 Å². The second-order valence-electron chi connectivity index (χ2n) is 15.0. The summed E-state index contributed by atoms with van der Waals surface area (Å²) in [6, 6.07) is 0. The van der Waals surface area contributed by atoms with Crippen LogP contribution in [0.25, 0.3) is 0 Å². The summed E-state index contributed by atoms with van der Waals surface area (Å²) in [5, 5.41) is 42.7. The predicted molar refractivity (Wildman–Crippen MR) is 135 cm³/mol. The van der Waals surface area contributed by atoms with Crippen molar-refractivity contribution in [1.82, 2.24) is 0 Å². The largest absolute Gasteiger partial charge is 0.481 e. The topological polar surface area (TPSA) is 98.0 Å². The van der Waals surface area contributed by atoms with E-state index in [1.807, 2.05) is 6.92 Å². The van der Waals surface area contributed by atoms with E-state index in [0.29, 0.717) is 18.8 Å². The molecule has 0 bridgehead atoms. The molecule has 5 nitrogen and oxygen atoms in total. The Balaban J connectivity index is 1.61. The van der Waals surface area contributed by atoms with E-state index in [4.69, 9.17) is 0 Å². The first-order valence-electron chi connectivity index (χ1n) is 14.0. The van der Waals surface area contributed by atoms with Crippen molar-refractivity contribution in [2.45, 2.75) is 105 Å². The van der Waals surface area contributed by atoms with Crippen molar-refractivity contribution in [2.75, 3.05) is 6.61 Å². The van der Waals surface area contributed by atoms with Crippen LogP contribution in [-0.2, 0) is 4.79 Å². The minimum Gasteiger partial charge on any atom is -0.481 e. The highest BCUT2D eigenvalue weighted by Gasteiger charge is 2.69. The molecule has 198 valence electrons. The van der Waals surface area contributed by atoms with Crippen LogP contribution in [0.5, 0.6) is 0 Å². The zero-order chi connectivity index (χ0) is 25.8. The van der Waals surface area contributed by atoms with E-state index in [0.717, 1.165) is 38.5 Å². The van der Waals surface area contributed by atoms with E-state index >= 15 is 0 Å². The molecule has 0 unspecified atom stereocenters. The fraction of sp³-hybridized carbons (Fsp3) is 0.900. The number of aliphatic hydroxyl groups excluding tert-OH is 3. The number of hydrogen-bond acceptors (Lipinski definition) is 4. The number of carboxylic acids is 1. The Hall–Kier alpha value is -0.910. The third-order valence-electron chi connectivity index (χ3n) is 12.9. The van der Waals surface area contributed by atoms with Crippen LogP contribution in [0.3, 0.4) is 0 Å². The maximum absolute atomic E-state index is 12.6. The van der Waals surface area contributed by atoms with E-state index in [2.05, 4.69) is 40.7 Å². The smallest absolute Gasteiger partial charge is 0.306 e. The van der Waals surface area contributed by atoms with Gasteiger partial charge in [-0.05, 0) is 96.7 Å². The molecule has 4 fully saturated rings. The van der Waals surface area contributed by atoms with Crippen LogP contribution in [0, 0.1) is 56.7 Å². The Morgan fingerprint density at radius 1 is 0.971 bits per heavy atom. The molecule has 0 aromatic rings. The molecule has 0 spiro atoms. The molecule has 5 aliphatic rings. The lowest BCUT2D eigenvalue weighted by Gasteiger charge is -2.71. The summed E-state index contributed by atoms with van der Waals surface area (Å²) in [4.78, 5) is 12.6. The second-order valence-corrected chi connectivity index (χ2v) is 15.0. The number of aliphatic carboxylic acids is 1. The van der Waals surface area contributed by atoms with Crippen LogP contribution in [0.4, 0.5) is 0 Å². The van der Waals surface area contributed by atoms with Gasteiger partial charge in [0.25, 0.3) is 0 Å².